The summed E-state index contributed by atoms with van der Waals surface area (Å²) in [7, 11) is 0. The van der Waals surface area contributed by atoms with Crippen molar-refractivity contribution in [3.8, 4) is 0 Å². The van der Waals surface area contributed by atoms with Crippen molar-refractivity contribution in [2.45, 2.75) is 57.4 Å². The van der Waals surface area contributed by atoms with Crippen LogP contribution < -0.4 is 11.0 Å². The zero-order chi connectivity index (χ0) is 28.2. The highest BCUT2D eigenvalue weighted by Gasteiger charge is 2.42. The van der Waals surface area contributed by atoms with E-state index >= 15 is 0 Å². The number of nitrogens with one attached hydrogen (secondary N) is 1. The summed E-state index contributed by atoms with van der Waals surface area (Å²) in [6.45, 7) is -6.41. The molecule has 140 valence electrons. The lowest BCUT2D eigenvalue weighted by Gasteiger charge is -2.17. The van der Waals surface area contributed by atoms with Gasteiger partial charge >= 0.3 is 11.8 Å². The third-order valence-electron chi connectivity index (χ3n) is 3.20. The third kappa shape index (κ3) is 4.53. The van der Waals surface area contributed by atoms with Crippen molar-refractivity contribution >= 4 is 11.9 Å². The van der Waals surface area contributed by atoms with Crippen LogP contribution in [0, 0.1) is 5.82 Å². The van der Waals surface area contributed by atoms with Gasteiger partial charge in [0.25, 0.3) is 0 Å². The molecule has 0 saturated carbocycles. The molecule has 1 fully saturated rings. The molecule has 4 unspecified atom stereocenters. The molecule has 2 rings (SSSR count). The molecule has 0 aliphatic carbocycles. The summed E-state index contributed by atoms with van der Waals surface area (Å²) in [5.74, 6) is -2.60. The zero-order valence-corrected chi connectivity index (χ0v) is 12.7. The van der Waals surface area contributed by atoms with Gasteiger partial charge in [0, 0.05) is 12.3 Å². The lowest BCUT2D eigenvalue weighted by Crippen LogP contribution is -2.36. The van der Waals surface area contributed by atoms with Gasteiger partial charge in [0.2, 0.25) is 0 Å². The molecular weight excluding hydrogens is 337 g/mol. The molecular formula is C15H22FN3O6. The predicted octanol–water partition coefficient (Wildman–Crippen LogP) is 0.760. The average molecular weight is 370 g/mol. The summed E-state index contributed by atoms with van der Waals surface area (Å²) in [6, 6.07) is 0. The van der Waals surface area contributed by atoms with E-state index in [1.165, 1.54) is 12.2 Å². The molecule has 10 heteroatoms. The average Bonchev–Trinajstić information content (AvgIpc) is 2.95. The highest BCUT2D eigenvalue weighted by atomic mass is 19.1. The fourth-order valence-electron chi connectivity index (χ4n) is 2.02. The number of carbonyl (C=O) groups is 1. The molecule has 0 radical (unpaired) electrons. The number of aromatic nitrogens is 2. The van der Waals surface area contributed by atoms with Gasteiger partial charge in [-0.1, -0.05) is 19.6 Å². The minimum Gasteiger partial charge on any atom is -0.449 e. The summed E-state index contributed by atoms with van der Waals surface area (Å²) in [6.07, 6.45) is -19.2. The molecule has 9 nitrogen and oxygen atoms in total. The highest BCUT2D eigenvalue weighted by Crippen LogP contribution is 2.28. The Morgan fingerprint density at radius 3 is 2.96 bits per heavy atom. The van der Waals surface area contributed by atoms with Gasteiger partial charge in [-0.2, -0.15) is 4.98 Å². The lowest BCUT2D eigenvalue weighted by molar-refractivity contribution is -0.0355. The first kappa shape index (κ1) is 9.06. The van der Waals surface area contributed by atoms with Crippen LogP contribution in [0.1, 0.15) is 54.2 Å². The fraction of sp³-hybridized carbons (Fsp3) is 0.667. The van der Waals surface area contributed by atoms with Gasteiger partial charge in [-0.25, -0.2) is 14.0 Å². The number of aliphatic hydroxyl groups excluding tert-OH is 2. The smallest absolute Gasteiger partial charge is 0.412 e. The molecule has 25 heavy (non-hydrogen) atoms. The number of ether oxygens (including phenoxy) is 2. The van der Waals surface area contributed by atoms with E-state index < -0.39 is 80.5 Å². The number of halogens is 1. The van der Waals surface area contributed by atoms with Gasteiger partial charge in [-0.3, -0.25) is 9.88 Å². The van der Waals surface area contributed by atoms with Crippen LogP contribution in [-0.4, -0.2) is 50.7 Å². The molecule has 1 amide bonds. The Morgan fingerprint density at radius 1 is 1.56 bits per heavy atom. The first-order valence-electron chi connectivity index (χ1n) is 12.3. The Labute approximate surface area is 158 Å². The van der Waals surface area contributed by atoms with Gasteiger partial charge in [-0.05, 0) is 13.3 Å². The molecule has 1 aliphatic heterocycles. The summed E-state index contributed by atoms with van der Waals surface area (Å²) in [4.78, 5) is 27.5. The standard InChI is InChI=1S/C15H22FN3O6/c1-3-4-5-6-24-15(23)18-12-9(16)7-19(14(22)17-12)13-11(21)10(20)8(2)25-13/h7-8,10-11,13,20-21H,3-6H2,1-2H3,(H,17,18,22,23)/i1D3,3D2,4D2,5D2,6D2. The summed E-state index contributed by atoms with van der Waals surface area (Å²) in [5.41, 5.74) is -1.31. The third-order valence-corrected chi connectivity index (χ3v) is 3.20. The van der Waals surface area contributed by atoms with E-state index in [4.69, 9.17) is 19.8 Å². The van der Waals surface area contributed by atoms with Crippen molar-refractivity contribution in [1.29, 1.82) is 0 Å². The molecule has 3 N–H and O–H groups in total. The number of nitrogens with zero attached hydrogens (tertiary/aromatic N) is 2. The molecule has 1 aromatic heterocycles. The molecule has 4 atom stereocenters. The number of amides is 1. The van der Waals surface area contributed by atoms with Crippen molar-refractivity contribution in [3.63, 3.8) is 0 Å². The van der Waals surface area contributed by atoms with Crippen molar-refractivity contribution in [2.75, 3.05) is 11.9 Å². The van der Waals surface area contributed by atoms with Crippen molar-refractivity contribution in [3.05, 3.63) is 22.5 Å². The van der Waals surface area contributed by atoms with Gasteiger partial charge in [-0.15, -0.1) is 0 Å². The second-order valence-electron chi connectivity index (χ2n) is 4.83. The van der Waals surface area contributed by atoms with E-state index in [1.54, 1.807) is 0 Å². The Hall–Kier alpha value is -2.04. The SMILES string of the molecule is [2H]C([2H])([2H])C([2H])([2H])C([2H])([2H])C([2H])([2H])C([2H])([2H])OC(=O)Nc1nc(=O)n(C2OC(C)C(O)C2O)cc1F. The van der Waals surface area contributed by atoms with E-state index in [1.807, 2.05) is 0 Å². The number of hydrogen-bond acceptors (Lipinski definition) is 7. The van der Waals surface area contributed by atoms with E-state index in [0.29, 0.717) is 10.8 Å². The Balaban J connectivity index is 2.28. The van der Waals surface area contributed by atoms with E-state index in [9.17, 15) is 24.2 Å². The number of aliphatic hydroxyl groups is 2. The van der Waals surface area contributed by atoms with Crippen molar-refractivity contribution < 1.29 is 44.0 Å². The van der Waals surface area contributed by atoms with Gasteiger partial charge in [0.15, 0.2) is 17.9 Å². The minimum absolute atomic E-state index is 0.432. The minimum atomic E-state index is -4.11. The van der Waals surface area contributed by atoms with E-state index in [0.717, 1.165) is 0 Å². The molecule has 0 spiro atoms. The lowest BCUT2D eigenvalue weighted by atomic mass is 10.1. The molecule has 0 bridgehead atoms. The molecule has 1 aliphatic rings. The first-order valence-corrected chi connectivity index (χ1v) is 6.80. The molecule has 0 aromatic carbocycles. The molecule has 1 saturated heterocycles. The van der Waals surface area contributed by atoms with Crippen LogP contribution in [0.3, 0.4) is 0 Å². The number of anilines is 1. The summed E-state index contributed by atoms with van der Waals surface area (Å²) < 4.78 is 107. The van der Waals surface area contributed by atoms with Crippen LogP contribution in [0.15, 0.2) is 11.0 Å². The Bertz CT molecular complexity index is 1070. The van der Waals surface area contributed by atoms with Crippen LogP contribution in [0.4, 0.5) is 15.0 Å². The Kier molecular flexibility index (Phi) is 3.03. The predicted molar refractivity (Wildman–Crippen MR) is 84.5 cm³/mol. The maximum absolute atomic E-state index is 14.5. The second-order valence-corrected chi connectivity index (χ2v) is 4.83. The number of carbonyl (C=O) groups excluding carboxylic acids is 1. The quantitative estimate of drug-likeness (QED) is 0.675. The largest absolute Gasteiger partial charge is 0.449 e. The number of hydrogen-bond donors (Lipinski definition) is 3. The maximum Gasteiger partial charge on any atom is 0.412 e. The maximum atomic E-state index is 14.5. The monoisotopic (exact) mass is 370 g/mol. The van der Waals surface area contributed by atoms with Crippen molar-refractivity contribution in [2.24, 2.45) is 0 Å². The molecule has 1 aromatic rings. The Morgan fingerprint density at radius 2 is 2.32 bits per heavy atom. The molecule has 2 heterocycles. The van der Waals surface area contributed by atoms with Crippen LogP contribution >= 0.6 is 0 Å². The fourth-order valence-corrected chi connectivity index (χ4v) is 2.02. The normalized spacial score (nSPS) is 35.1. The highest BCUT2D eigenvalue weighted by molar-refractivity contribution is 5.83. The summed E-state index contributed by atoms with van der Waals surface area (Å²) in [5, 5.41) is 21.2. The van der Waals surface area contributed by atoms with E-state index in [2.05, 4.69) is 9.72 Å². The van der Waals surface area contributed by atoms with Crippen LogP contribution in [0.25, 0.3) is 0 Å². The van der Waals surface area contributed by atoms with Crippen LogP contribution in [-0.2, 0) is 9.47 Å². The zero-order valence-electron chi connectivity index (χ0n) is 23.7. The van der Waals surface area contributed by atoms with Crippen molar-refractivity contribution in [1.82, 2.24) is 9.55 Å². The van der Waals surface area contributed by atoms with E-state index in [-0.39, 0.29) is 0 Å². The van der Waals surface area contributed by atoms with Gasteiger partial charge in [0.05, 0.1) is 21.6 Å². The topological polar surface area (TPSA) is 123 Å². The van der Waals surface area contributed by atoms with Gasteiger partial charge < -0.3 is 19.7 Å². The first-order chi connectivity index (χ1) is 16.0. The summed E-state index contributed by atoms with van der Waals surface area (Å²) >= 11 is 0. The number of rotatable bonds is 6. The van der Waals surface area contributed by atoms with Crippen LogP contribution in [0.5, 0.6) is 0 Å². The van der Waals surface area contributed by atoms with Gasteiger partial charge in [0.1, 0.15) is 12.2 Å². The van der Waals surface area contributed by atoms with Crippen LogP contribution in [0.2, 0.25) is 0 Å². The second kappa shape index (κ2) is 8.37.